The molecule has 2 aromatic carbocycles. The molecule has 4 heteroatoms. The summed E-state index contributed by atoms with van der Waals surface area (Å²) in [4.78, 5) is 11.8. The van der Waals surface area contributed by atoms with Crippen LogP contribution >= 0.6 is 0 Å². The molecule has 3 rings (SSSR count). The van der Waals surface area contributed by atoms with E-state index in [1.807, 2.05) is 22.8 Å². The first-order valence-corrected chi connectivity index (χ1v) is 6.27. The number of rotatable bonds is 2. The van der Waals surface area contributed by atoms with Gasteiger partial charge in [-0.2, -0.15) is 0 Å². The van der Waals surface area contributed by atoms with Gasteiger partial charge in [0.25, 0.3) is 0 Å². The lowest BCUT2D eigenvalue weighted by Gasteiger charge is -2.12. The number of pyridine rings is 1. The predicted molar refractivity (Wildman–Crippen MR) is 78.1 cm³/mol. The number of nitrogens with zero attached hydrogens (tertiary/aromatic N) is 1. The van der Waals surface area contributed by atoms with Gasteiger partial charge in [-0.3, -0.25) is 4.79 Å². The Morgan fingerprint density at radius 1 is 1.10 bits per heavy atom. The normalized spacial score (nSPS) is 10.8. The number of halogens is 1. The highest BCUT2D eigenvalue weighted by Crippen LogP contribution is 2.17. The summed E-state index contributed by atoms with van der Waals surface area (Å²) in [6.45, 7) is 0.421. The molecule has 20 heavy (non-hydrogen) atoms. The third-order valence-corrected chi connectivity index (χ3v) is 3.33. The van der Waals surface area contributed by atoms with Gasteiger partial charge in [-0.25, -0.2) is 4.39 Å². The standard InChI is InChI=1S/C16H13FN2O/c17-12-5-6-14(18)11(9-12)10-19-8-7-16(20)13-3-1-2-4-15(13)19/h1-9H,10,18H2. The summed E-state index contributed by atoms with van der Waals surface area (Å²) < 4.78 is 15.2. The van der Waals surface area contributed by atoms with Crippen LogP contribution in [-0.4, -0.2) is 4.57 Å². The van der Waals surface area contributed by atoms with E-state index < -0.39 is 0 Å². The van der Waals surface area contributed by atoms with Crippen molar-refractivity contribution in [3.63, 3.8) is 0 Å². The van der Waals surface area contributed by atoms with Gasteiger partial charge in [0.2, 0.25) is 0 Å². The maximum atomic E-state index is 13.3. The first kappa shape index (κ1) is 12.4. The Labute approximate surface area is 115 Å². The van der Waals surface area contributed by atoms with Gasteiger partial charge >= 0.3 is 0 Å². The van der Waals surface area contributed by atoms with Gasteiger partial charge in [0, 0.05) is 29.9 Å². The summed E-state index contributed by atoms with van der Waals surface area (Å²) in [7, 11) is 0. The number of aromatic nitrogens is 1. The summed E-state index contributed by atoms with van der Waals surface area (Å²) in [6.07, 6.45) is 1.70. The van der Waals surface area contributed by atoms with Crippen molar-refractivity contribution in [1.82, 2.24) is 4.57 Å². The van der Waals surface area contributed by atoms with E-state index in [9.17, 15) is 9.18 Å². The van der Waals surface area contributed by atoms with Gasteiger partial charge in [-0.05, 0) is 35.9 Å². The molecule has 0 radical (unpaired) electrons. The molecule has 0 unspecified atom stereocenters. The molecule has 100 valence electrons. The number of hydrogen-bond acceptors (Lipinski definition) is 2. The van der Waals surface area contributed by atoms with E-state index in [2.05, 4.69) is 0 Å². The highest BCUT2D eigenvalue weighted by atomic mass is 19.1. The quantitative estimate of drug-likeness (QED) is 0.726. The first-order chi connectivity index (χ1) is 9.65. The number of anilines is 1. The molecule has 3 nitrogen and oxygen atoms in total. The smallest absolute Gasteiger partial charge is 0.189 e. The van der Waals surface area contributed by atoms with Crippen LogP contribution < -0.4 is 11.2 Å². The van der Waals surface area contributed by atoms with Crippen molar-refractivity contribution in [2.24, 2.45) is 0 Å². The summed E-state index contributed by atoms with van der Waals surface area (Å²) in [6, 6.07) is 13.2. The van der Waals surface area contributed by atoms with E-state index in [1.54, 1.807) is 18.3 Å². The first-order valence-electron chi connectivity index (χ1n) is 6.27. The van der Waals surface area contributed by atoms with Crippen molar-refractivity contribution in [3.05, 3.63) is 76.3 Å². The Kier molecular flexibility index (Phi) is 2.99. The molecular formula is C16H13FN2O. The fraction of sp³-hybridized carbons (Fsp3) is 0.0625. The minimum Gasteiger partial charge on any atom is -0.398 e. The van der Waals surface area contributed by atoms with Crippen molar-refractivity contribution < 1.29 is 4.39 Å². The zero-order valence-electron chi connectivity index (χ0n) is 10.7. The molecule has 1 aromatic heterocycles. The van der Waals surface area contributed by atoms with Crippen LogP contribution in [0.4, 0.5) is 10.1 Å². The van der Waals surface area contributed by atoms with Crippen molar-refractivity contribution in [3.8, 4) is 0 Å². The topological polar surface area (TPSA) is 48.0 Å². The number of hydrogen-bond donors (Lipinski definition) is 1. The van der Waals surface area contributed by atoms with Crippen LogP contribution in [0.15, 0.2) is 59.5 Å². The molecular weight excluding hydrogens is 255 g/mol. The molecule has 1 heterocycles. The molecule has 0 saturated carbocycles. The Morgan fingerprint density at radius 3 is 2.75 bits per heavy atom. The van der Waals surface area contributed by atoms with E-state index in [-0.39, 0.29) is 11.2 Å². The lowest BCUT2D eigenvalue weighted by atomic mass is 10.1. The van der Waals surface area contributed by atoms with E-state index in [4.69, 9.17) is 5.73 Å². The van der Waals surface area contributed by atoms with E-state index in [0.717, 1.165) is 5.52 Å². The maximum absolute atomic E-state index is 13.3. The molecule has 0 spiro atoms. The molecule has 0 atom stereocenters. The third kappa shape index (κ3) is 2.16. The number of nitrogens with two attached hydrogens (primary N) is 1. The Balaban J connectivity index is 2.14. The predicted octanol–water partition coefficient (Wildman–Crippen LogP) is 2.77. The Hall–Kier alpha value is -2.62. The summed E-state index contributed by atoms with van der Waals surface area (Å²) in [5, 5.41) is 0.643. The lowest BCUT2D eigenvalue weighted by molar-refractivity contribution is 0.624. The Bertz CT molecular complexity index is 839. The van der Waals surface area contributed by atoms with Crippen LogP contribution in [0, 0.1) is 5.82 Å². The SMILES string of the molecule is Nc1ccc(F)cc1Cn1ccc(=O)c2ccccc21. The second-order valence-corrected chi connectivity index (χ2v) is 4.67. The van der Waals surface area contributed by atoms with Crippen molar-refractivity contribution in [2.75, 3.05) is 5.73 Å². The summed E-state index contributed by atoms with van der Waals surface area (Å²) in [5.41, 5.74) is 7.88. The Morgan fingerprint density at radius 2 is 1.90 bits per heavy atom. The monoisotopic (exact) mass is 268 g/mol. The van der Waals surface area contributed by atoms with Crippen LogP contribution in [0.3, 0.4) is 0 Å². The van der Waals surface area contributed by atoms with Gasteiger partial charge in [-0.15, -0.1) is 0 Å². The average Bonchev–Trinajstić information content (AvgIpc) is 2.46. The van der Waals surface area contributed by atoms with Crippen molar-refractivity contribution in [2.45, 2.75) is 6.54 Å². The fourth-order valence-corrected chi connectivity index (χ4v) is 2.29. The van der Waals surface area contributed by atoms with Gasteiger partial charge in [0.15, 0.2) is 5.43 Å². The summed E-state index contributed by atoms with van der Waals surface area (Å²) >= 11 is 0. The molecule has 0 aliphatic rings. The van der Waals surface area contributed by atoms with Crippen LogP contribution in [0.25, 0.3) is 10.9 Å². The second kappa shape index (κ2) is 4.81. The number of nitrogen functional groups attached to an aromatic ring is 1. The molecule has 0 aliphatic carbocycles. The van der Waals surface area contributed by atoms with Crippen LogP contribution in [-0.2, 0) is 6.54 Å². The minimum atomic E-state index is -0.320. The molecule has 2 N–H and O–H groups in total. The van der Waals surface area contributed by atoms with Crippen molar-refractivity contribution in [1.29, 1.82) is 0 Å². The number of benzene rings is 2. The largest absolute Gasteiger partial charge is 0.398 e. The van der Waals surface area contributed by atoms with E-state index in [0.29, 0.717) is 23.2 Å². The van der Waals surface area contributed by atoms with Crippen LogP contribution in [0.2, 0.25) is 0 Å². The molecule has 0 amide bonds. The molecule has 0 fully saturated rings. The van der Waals surface area contributed by atoms with E-state index in [1.165, 1.54) is 18.2 Å². The van der Waals surface area contributed by atoms with Crippen LogP contribution in [0.1, 0.15) is 5.56 Å². The maximum Gasteiger partial charge on any atom is 0.189 e. The number of fused-ring (bicyclic) bond motifs is 1. The second-order valence-electron chi connectivity index (χ2n) is 4.67. The third-order valence-electron chi connectivity index (χ3n) is 3.33. The lowest BCUT2D eigenvalue weighted by Crippen LogP contribution is -2.10. The van der Waals surface area contributed by atoms with Gasteiger partial charge < -0.3 is 10.3 Å². The molecule has 0 saturated heterocycles. The zero-order chi connectivity index (χ0) is 14.1. The van der Waals surface area contributed by atoms with Gasteiger partial charge in [0.1, 0.15) is 5.82 Å². The number of para-hydroxylation sites is 1. The summed E-state index contributed by atoms with van der Waals surface area (Å²) in [5.74, 6) is -0.320. The van der Waals surface area contributed by atoms with Gasteiger partial charge in [0.05, 0.1) is 5.52 Å². The molecule has 0 aliphatic heterocycles. The highest BCUT2D eigenvalue weighted by Gasteiger charge is 2.05. The molecule has 0 bridgehead atoms. The highest BCUT2D eigenvalue weighted by molar-refractivity contribution is 5.78. The minimum absolute atomic E-state index is 0.0240. The van der Waals surface area contributed by atoms with E-state index >= 15 is 0 Å². The molecule has 3 aromatic rings. The zero-order valence-corrected chi connectivity index (χ0v) is 10.7. The average molecular weight is 268 g/mol. The van der Waals surface area contributed by atoms with Gasteiger partial charge in [-0.1, -0.05) is 12.1 Å². The van der Waals surface area contributed by atoms with Crippen LogP contribution in [0.5, 0.6) is 0 Å². The van der Waals surface area contributed by atoms with Crippen molar-refractivity contribution >= 4 is 16.6 Å². The fourth-order valence-electron chi connectivity index (χ4n) is 2.29.